The highest BCUT2D eigenvalue weighted by atomic mass is 16.4. The fourth-order valence-electron chi connectivity index (χ4n) is 2.74. The van der Waals surface area contributed by atoms with Crippen LogP contribution in [0.1, 0.15) is 55.0 Å². The van der Waals surface area contributed by atoms with Gasteiger partial charge in [0.15, 0.2) is 0 Å². The maximum atomic E-state index is 10.8. The summed E-state index contributed by atoms with van der Waals surface area (Å²) < 4.78 is 0. The number of benzene rings is 3. The fraction of sp³-hybridized carbons (Fsp3) is 0.0870. The number of carbonyl (C=O) groups excluding carboxylic acids is 1. The van der Waals surface area contributed by atoms with Crippen LogP contribution in [0, 0.1) is 0 Å². The standard InChI is InChI=1S/C14H14.C9H7NO5/c1-12(13-8-4-2-5-9-13)14-10-6-3-7-11-14;10-7(11)5-2-1-4(8(12)13)3-6(5)9(14)15/h2-12H,1H3;1-3H,(H2,10,11)(H,12,13)(H,14,15). The Morgan fingerprint density at radius 1 is 0.724 bits per heavy atom. The fourth-order valence-corrected chi connectivity index (χ4v) is 2.74. The van der Waals surface area contributed by atoms with E-state index in [1.807, 2.05) is 0 Å². The Bertz CT molecular complexity index is 961. The van der Waals surface area contributed by atoms with Gasteiger partial charge in [0, 0.05) is 5.92 Å². The zero-order valence-electron chi connectivity index (χ0n) is 15.8. The summed E-state index contributed by atoms with van der Waals surface area (Å²) in [7, 11) is 0. The van der Waals surface area contributed by atoms with Crippen molar-refractivity contribution in [2.45, 2.75) is 12.8 Å². The molecule has 0 heterocycles. The first kappa shape index (κ1) is 21.4. The van der Waals surface area contributed by atoms with Crippen LogP contribution in [-0.2, 0) is 0 Å². The predicted octanol–water partition coefficient (Wildman–Crippen LogP) is 4.02. The summed E-state index contributed by atoms with van der Waals surface area (Å²) in [5, 5.41) is 17.3. The molecule has 0 saturated carbocycles. The number of hydrogen-bond donors (Lipinski definition) is 3. The molecule has 0 atom stereocenters. The average molecular weight is 391 g/mol. The molecule has 0 aliphatic carbocycles. The van der Waals surface area contributed by atoms with Gasteiger partial charge in [-0.15, -0.1) is 0 Å². The molecule has 0 aliphatic heterocycles. The summed E-state index contributed by atoms with van der Waals surface area (Å²) in [6.45, 7) is 2.24. The number of carboxylic acids is 2. The maximum Gasteiger partial charge on any atom is 0.336 e. The summed E-state index contributed by atoms with van der Waals surface area (Å²) in [6, 6.07) is 24.3. The molecule has 4 N–H and O–H groups in total. The van der Waals surface area contributed by atoms with Crippen LogP contribution in [0.4, 0.5) is 0 Å². The molecular formula is C23H21NO5. The summed E-state index contributed by atoms with van der Waals surface area (Å²) in [5.74, 6) is -3.10. The Morgan fingerprint density at radius 3 is 1.59 bits per heavy atom. The first-order valence-corrected chi connectivity index (χ1v) is 8.81. The summed E-state index contributed by atoms with van der Waals surface area (Å²) in [4.78, 5) is 32.1. The van der Waals surface area contributed by atoms with Crippen LogP contribution in [0.5, 0.6) is 0 Å². The van der Waals surface area contributed by atoms with Crippen molar-refractivity contribution in [2.24, 2.45) is 5.73 Å². The lowest BCUT2D eigenvalue weighted by atomic mass is 9.93. The highest BCUT2D eigenvalue weighted by molar-refractivity contribution is 6.05. The van der Waals surface area contributed by atoms with Gasteiger partial charge < -0.3 is 15.9 Å². The topological polar surface area (TPSA) is 118 Å². The van der Waals surface area contributed by atoms with E-state index in [1.54, 1.807) is 0 Å². The van der Waals surface area contributed by atoms with E-state index in [-0.39, 0.29) is 11.1 Å². The SMILES string of the molecule is CC(c1ccccc1)c1ccccc1.NC(=O)c1ccc(C(=O)O)cc1C(=O)O. The van der Waals surface area contributed by atoms with E-state index >= 15 is 0 Å². The van der Waals surface area contributed by atoms with E-state index in [2.05, 4.69) is 67.6 Å². The third-order valence-corrected chi connectivity index (χ3v) is 4.36. The van der Waals surface area contributed by atoms with E-state index in [4.69, 9.17) is 15.9 Å². The minimum atomic E-state index is -1.40. The minimum Gasteiger partial charge on any atom is -0.478 e. The van der Waals surface area contributed by atoms with Crippen molar-refractivity contribution in [1.29, 1.82) is 0 Å². The van der Waals surface area contributed by atoms with E-state index in [0.29, 0.717) is 5.92 Å². The molecule has 0 aliphatic rings. The van der Waals surface area contributed by atoms with Gasteiger partial charge in [-0.1, -0.05) is 67.6 Å². The Hall–Kier alpha value is -3.93. The van der Waals surface area contributed by atoms with Crippen LogP contribution in [0.3, 0.4) is 0 Å². The molecule has 3 aromatic carbocycles. The minimum absolute atomic E-state index is 0.211. The predicted molar refractivity (Wildman–Crippen MR) is 109 cm³/mol. The molecule has 6 nitrogen and oxygen atoms in total. The Labute approximate surface area is 168 Å². The maximum absolute atomic E-state index is 10.8. The first-order valence-electron chi connectivity index (χ1n) is 8.81. The molecule has 3 aromatic rings. The summed E-state index contributed by atoms with van der Waals surface area (Å²) in [6.07, 6.45) is 0. The van der Waals surface area contributed by atoms with Gasteiger partial charge >= 0.3 is 11.9 Å². The van der Waals surface area contributed by atoms with Crippen molar-refractivity contribution < 1.29 is 24.6 Å². The average Bonchev–Trinajstić information content (AvgIpc) is 2.74. The van der Waals surface area contributed by atoms with Crippen molar-refractivity contribution in [3.8, 4) is 0 Å². The second kappa shape index (κ2) is 9.85. The number of rotatable bonds is 5. The van der Waals surface area contributed by atoms with Crippen LogP contribution in [-0.4, -0.2) is 28.1 Å². The van der Waals surface area contributed by atoms with Crippen LogP contribution >= 0.6 is 0 Å². The molecule has 0 spiro atoms. The molecule has 3 rings (SSSR count). The lowest BCUT2D eigenvalue weighted by Gasteiger charge is -2.11. The van der Waals surface area contributed by atoms with Crippen molar-refractivity contribution in [1.82, 2.24) is 0 Å². The Morgan fingerprint density at radius 2 is 1.21 bits per heavy atom. The second-order valence-electron chi connectivity index (χ2n) is 6.28. The number of amides is 1. The van der Waals surface area contributed by atoms with E-state index < -0.39 is 23.4 Å². The van der Waals surface area contributed by atoms with Gasteiger partial charge in [0.05, 0.1) is 16.7 Å². The van der Waals surface area contributed by atoms with E-state index in [1.165, 1.54) is 11.1 Å². The van der Waals surface area contributed by atoms with Crippen molar-refractivity contribution in [3.63, 3.8) is 0 Å². The molecule has 1 amide bonds. The van der Waals surface area contributed by atoms with Crippen LogP contribution in [0.2, 0.25) is 0 Å². The molecule has 0 fully saturated rings. The zero-order chi connectivity index (χ0) is 21.4. The number of hydrogen-bond acceptors (Lipinski definition) is 3. The first-order chi connectivity index (χ1) is 13.8. The van der Waals surface area contributed by atoms with Gasteiger partial charge in [0.2, 0.25) is 5.91 Å². The third kappa shape index (κ3) is 5.77. The molecule has 0 saturated heterocycles. The third-order valence-electron chi connectivity index (χ3n) is 4.36. The molecule has 0 bridgehead atoms. The van der Waals surface area contributed by atoms with Crippen molar-refractivity contribution >= 4 is 17.8 Å². The van der Waals surface area contributed by atoms with Crippen LogP contribution < -0.4 is 5.73 Å². The van der Waals surface area contributed by atoms with Crippen LogP contribution in [0.15, 0.2) is 78.9 Å². The quantitative estimate of drug-likeness (QED) is 0.607. The number of carboxylic acid groups (broad SMARTS) is 2. The van der Waals surface area contributed by atoms with Crippen molar-refractivity contribution in [2.75, 3.05) is 0 Å². The molecule has 29 heavy (non-hydrogen) atoms. The van der Waals surface area contributed by atoms with Crippen molar-refractivity contribution in [3.05, 3.63) is 107 Å². The molecular weight excluding hydrogens is 370 g/mol. The molecule has 0 unspecified atom stereocenters. The second-order valence-corrected chi connectivity index (χ2v) is 6.28. The lowest BCUT2D eigenvalue weighted by molar-refractivity contribution is 0.0692. The van der Waals surface area contributed by atoms with Gasteiger partial charge in [-0.2, -0.15) is 0 Å². The molecule has 0 aromatic heterocycles. The number of aromatic carboxylic acids is 2. The van der Waals surface area contributed by atoms with Gasteiger partial charge in [-0.3, -0.25) is 4.79 Å². The highest BCUT2D eigenvalue weighted by Gasteiger charge is 2.16. The Balaban J connectivity index is 0.000000207. The number of primary amides is 1. The molecule has 148 valence electrons. The van der Waals surface area contributed by atoms with Gasteiger partial charge in [-0.05, 0) is 29.3 Å². The molecule has 6 heteroatoms. The monoisotopic (exact) mass is 391 g/mol. The highest BCUT2D eigenvalue weighted by Crippen LogP contribution is 2.22. The summed E-state index contributed by atoms with van der Waals surface area (Å²) >= 11 is 0. The summed E-state index contributed by atoms with van der Waals surface area (Å²) in [5.41, 5.74) is 6.84. The van der Waals surface area contributed by atoms with E-state index in [0.717, 1.165) is 18.2 Å². The number of carbonyl (C=O) groups is 3. The van der Waals surface area contributed by atoms with Gasteiger partial charge in [0.1, 0.15) is 0 Å². The lowest BCUT2D eigenvalue weighted by Crippen LogP contribution is -2.17. The smallest absolute Gasteiger partial charge is 0.336 e. The van der Waals surface area contributed by atoms with Crippen LogP contribution in [0.25, 0.3) is 0 Å². The van der Waals surface area contributed by atoms with Gasteiger partial charge in [-0.25, -0.2) is 9.59 Å². The van der Waals surface area contributed by atoms with Gasteiger partial charge in [0.25, 0.3) is 0 Å². The molecule has 0 radical (unpaired) electrons. The Kier molecular flexibility index (Phi) is 7.26. The normalized spacial score (nSPS) is 10.0. The largest absolute Gasteiger partial charge is 0.478 e. The zero-order valence-corrected chi connectivity index (χ0v) is 15.8. The number of nitrogens with two attached hydrogens (primary N) is 1. The van der Waals surface area contributed by atoms with E-state index in [9.17, 15) is 14.4 Å².